The zero-order valence-corrected chi connectivity index (χ0v) is 15.9. The summed E-state index contributed by atoms with van der Waals surface area (Å²) >= 11 is 0. The second kappa shape index (κ2) is 8.39. The zero-order valence-electron chi connectivity index (χ0n) is 15.9. The van der Waals surface area contributed by atoms with Crippen molar-refractivity contribution < 1.29 is 18.8 Å². The molecule has 0 aliphatic rings. The van der Waals surface area contributed by atoms with E-state index in [1.807, 2.05) is 6.07 Å². The van der Waals surface area contributed by atoms with Gasteiger partial charge in [-0.05, 0) is 31.2 Å². The average molecular weight is 403 g/mol. The second-order valence-electron chi connectivity index (χ2n) is 6.40. The van der Waals surface area contributed by atoms with E-state index < -0.39 is 18.0 Å². The van der Waals surface area contributed by atoms with Crippen LogP contribution in [0, 0.1) is 6.92 Å². The molecule has 0 aliphatic carbocycles. The molecule has 4 aromatic rings. The molecule has 1 amide bonds. The first-order valence-electron chi connectivity index (χ1n) is 9.05. The fraction of sp³-hybridized carbons (Fsp3) is 0.0952. The van der Waals surface area contributed by atoms with E-state index in [4.69, 9.17) is 9.26 Å². The maximum absolute atomic E-state index is 12.8. The summed E-state index contributed by atoms with van der Waals surface area (Å²) in [5.74, 6) is -0.389. The van der Waals surface area contributed by atoms with Gasteiger partial charge < -0.3 is 14.6 Å². The van der Waals surface area contributed by atoms with E-state index in [-0.39, 0.29) is 5.82 Å². The molecule has 2 heterocycles. The third-order valence-electron chi connectivity index (χ3n) is 4.23. The molecule has 0 saturated carbocycles. The molecule has 0 spiro atoms. The van der Waals surface area contributed by atoms with Gasteiger partial charge in [-0.25, -0.2) is 14.5 Å². The molecule has 0 radical (unpaired) electrons. The molecule has 0 unspecified atom stereocenters. The summed E-state index contributed by atoms with van der Waals surface area (Å²) < 4.78 is 12.1. The molecule has 2 aromatic carbocycles. The Hall–Kier alpha value is -4.27. The zero-order chi connectivity index (χ0) is 20.9. The first kappa shape index (κ1) is 19.1. The van der Waals surface area contributed by atoms with Crippen LogP contribution in [0.15, 0.2) is 77.8 Å². The minimum Gasteiger partial charge on any atom is -0.444 e. The van der Waals surface area contributed by atoms with E-state index in [0.29, 0.717) is 16.9 Å². The molecule has 30 heavy (non-hydrogen) atoms. The largest absolute Gasteiger partial charge is 0.444 e. The lowest BCUT2D eigenvalue weighted by atomic mass is 10.1. The van der Waals surface area contributed by atoms with Crippen molar-refractivity contribution in [1.82, 2.24) is 19.9 Å². The second-order valence-corrected chi connectivity index (χ2v) is 6.40. The molecule has 9 nitrogen and oxygen atoms in total. The van der Waals surface area contributed by atoms with Crippen molar-refractivity contribution in [2.75, 3.05) is 5.32 Å². The highest BCUT2D eigenvalue weighted by molar-refractivity contribution is 5.97. The minimum atomic E-state index is -1.16. The molecule has 0 fully saturated rings. The van der Waals surface area contributed by atoms with Gasteiger partial charge in [0.05, 0.1) is 11.3 Å². The van der Waals surface area contributed by atoms with Crippen LogP contribution >= 0.6 is 0 Å². The summed E-state index contributed by atoms with van der Waals surface area (Å²) in [5.41, 5.74) is 1.57. The van der Waals surface area contributed by atoms with Crippen LogP contribution in [0.4, 0.5) is 5.82 Å². The van der Waals surface area contributed by atoms with Gasteiger partial charge in [0.15, 0.2) is 5.82 Å². The number of carbonyl (C=O) groups is 2. The monoisotopic (exact) mass is 403 g/mol. The van der Waals surface area contributed by atoms with Crippen molar-refractivity contribution in [1.29, 1.82) is 0 Å². The number of ether oxygens (including phenoxy) is 1. The lowest BCUT2D eigenvalue weighted by Crippen LogP contribution is -2.26. The summed E-state index contributed by atoms with van der Waals surface area (Å²) in [7, 11) is 0. The molecule has 1 N–H and O–H groups in total. The van der Waals surface area contributed by atoms with E-state index in [1.54, 1.807) is 72.5 Å². The SMILES string of the molecule is Cc1cc(NC(=O)[C@H](OC(=O)c2ccc(-n3cncn3)cc2)c2ccccc2)no1. The Bertz CT molecular complexity index is 1140. The Balaban J connectivity index is 1.53. The number of hydrogen-bond donors (Lipinski definition) is 1. The first-order chi connectivity index (χ1) is 14.6. The van der Waals surface area contributed by atoms with Gasteiger partial charge in [-0.2, -0.15) is 5.10 Å². The van der Waals surface area contributed by atoms with Crippen LogP contribution in [0.1, 0.15) is 27.8 Å². The summed E-state index contributed by atoms with van der Waals surface area (Å²) in [6.45, 7) is 1.71. The van der Waals surface area contributed by atoms with Gasteiger partial charge in [-0.3, -0.25) is 4.79 Å². The van der Waals surface area contributed by atoms with Crippen molar-refractivity contribution in [2.45, 2.75) is 13.0 Å². The molecular formula is C21H17N5O4. The van der Waals surface area contributed by atoms with Gasteiger partial charge in [0.25, 0.3) is 5.91 Å². The van der Waals surface area contributed by atoms with E-state index in [9.17, 15) is 9.59 Å². The number of nitrogens with zero attached hydrogens (tertiary/aromatic N) is 4. The minimum absolute atomic E-state index is 0.242. The summed E-state index contributed by atoms with van der Waals surface area (Å²) in [5, 5.41) is 10.4. The Morgan fingerprint density at radius 3 is 2.50 bits per heavy atom. The number of carbonyl (C=O) groups excluding carboxylic acids is 2. The summed E-state index contributed by atoms with van der Waals surface area (Å²) in [6, 6.07) is 16.9. The van der Waals surface area contributed by atoms with Gasteiger partial charge in [-0.15, -0.1) is 0 Å². The normalized spacial score (nSPS) is 11.6. The highest BCUT2D eigenvalue weighted by Crippen LogP contribution is 2.22. The predicted octanol–water partition coefficient (Wildman–Crippen LogP) is 3.10. The quantitative estimate of drug-likeness (QED) is 0.492. The molecule has 0 saturated heterocycles. The van der Waals surface area contributed by atoms with E-state index in [2.05, 4.69) is 20.6 Å². The van der Waals surface area contributed by atoms with Crippen molar-refractivity contribution >= 4 is 17.7 Å². The van der Waals surface area contributed by atoms with Crippen LogP contribution in [0.3, 0.4) is 0 Å². The van der Waals surface area contributed by atoms with Gasteiger partial charge in [0.1, 0.15) is 18.4 Å². The topological polar surface area (TPSA) is 112 Å². The first-order valence-corrected chi connectivity index (χ1v) is 9.05. The number of anilines is 1. The molecule has 4 rings (SSSR count). The van der Waals surface area contributed by atoms with Crippen molar-refractivity contribution in [3.05, 3.63) is 90.2 Å². The van der Waals surface area contributed by atoms with Gasteiger partial charge >= 0.3 is 5.97 Å². The number of rotatable bonds is 6. The Labute approximate surface area is 171 Å². The number of nitrogens with one attached hydrogen (secondary N) is 1. The van der Waals surface area contributed by atoms with E-state index in [0.717, 1.165) is 5.69 Å². The number of esters is 1. The Kier molecular flexibility index (Phi) is 5.33. The standard InChI is InChI=1S/C21H17N5O4/c1-14-11-18(25-30-14)24-20(27)19(15-5-3-2-4-6-15)29-21(28)16-7-9-17(10-8-16)26-13-22-12-23-26/h2-13,19H,1H3,(H,24,25,27)/t19-/m1/s1. The number of hydrogen-bond acceptors (Lipinski definition) is 7. The smallest absolute Gasteiger partial charge is 0.339 e. The lowest BCUT2D eigenvalue weighted by molar-refractivity contribution is -0.125. The molecule has 2 aromatic heterocycles. The maximum Gasteiger partial charge on any atom is 0.339 e. The van der Waals surface area contributed by atoms with Crippen molar-refractivity contribution in [3.63, 3.8) is 0 Å². The van der Waals surface area contributed by atoms with Crippen LogP contribution in [0.2, 0.25) is 0 Å². The van der Waals surface area contributed by atoms with Crippen LogP contribution in [0.5, 0.6) is 0 Å². The maximum atomic E-state index is 12.8. The van der Waals surface area contributed by atoms with Crippen LogP contribution < -0.4 is 5.32 Å². The van der Waals surface area contributed by atoms with Crippen molar-refractivity contribution in [2.24, 2.45) is 0 Å². The molecule has 0 bridgehead atoms. The van der Waals surface area contributed by atoms with E-state index in [1.165, 1.54) is 6.33 Å². The van der Waals surface area contributed by atoms with Gasteiger partial charge in [0, 0.05) is 11.6 Å². The average Bonchev–Trinajstić information content (AvgIpc) is 3.44. The highest BCUT2D eigenvalue weighted by Gasteiger charge is 2.26. The molecular weight excluding hydrogens is 386 g/mol. The van der Waals surface area contributed by atoms with Crippen molar-refractivity contribution in [3.8, 4) is 5.69 Å². The van der Waals surface area contributed by atoms with Crippen LogP contribution in [-0.2, 0) is 9.53 Å². The molecule has 1 atom stereocenters. The molecule has 9 heteroatoms. The fourth-order valence-electron chi connectivity index (χ4n) is 2.78. The number of amides is 1. The number of benzene rings is 2. The Morgan fingerprint density at radius 2 is 1.87 bits per heavy atom. The lowest BCUT2D eigenvalue weighted by Gasteiger charge is -2.17. The molecule has 0 aliphatic heterocycles. The van der Waals surface area contributed by atoms with Crippen LogP contribution in [0.25, 0.3) is 5.69 Å². The van der Waals surface area contributed by atoms with Gasteiger partial charge in [0.2, 0.25) is 6.10 Å². The fourth-order valence-corrected chi connectivity index (χ4v) is 2.78. The molecule has 150 valence electrons. The van der Waals surface area contributed by atoms with Crippen LogP contribution in [-0.4, -0.2) is 31.8 Å². The number of aryl methyl sites for hydroxylation is 1. The van der Waals surface area contributed by atoms with Gasteiger partial charge in [-0.1, -0.05) is 35.5 Å². The summed E-state index contributed by atoms with van der Waals surface area (Å²) in [6.07, 6.45) is 1.81. The third kappa shape index (κ3) is 4.25. The Morgan fingerprint density at radius 1 is 1.10 bits per heavy atom. The predicted molar refractivity (Wildman–Crippen MR) is 106 cm³/mol. The highest BCUT2D eigenvalue weighted by atomic mass is 16.5. The van der Waals surface area contributed by atoms with E-state index >= 15 is 0 Å². The number of aromatic nitrogens is 4. The summed E-state index contributed by atoms with van der Waals surface area (Å²) in [4.78, 5) is 29.4. The third-order valence-corrected chi connectivity index (χ3v) is 4.23.